The molecular weight excluding hydrogens is 386 g/mol. The number of hydrogen-bond acceptors (Lipinski definition) is 5. The Morgan fingerprint density at radius 1 is 1.07 bits per heavy atom. The number of thioether (sulfide) groups is 1. The average molecular weight is 412 g/mol. The number of hydrogen-bond donors (Lipinski definition) is 0. The maximum absolute atomic E-state index is 12.8. The summed E-state index contributed by atoms with van der Waals surface area (Å²) in [6.45, 7) is 9.58. The van der Waals surface area contributed by atoms with Crippen molar-refractivity contribution in [1.82, 2.24) is 9.88 Å². The quantitative estimate of drug-likeness (QED) is 0.562. The molecule has 1 amide bonds. The third-order valence-electron chi connectivity index (χ3n) is 4.84. The lowest BCUT2D eigenvalue weighted by Gasteiger charge is -2.34. The van der Waals surface area contributed by atoms with E-state index in [4.69, 9.17) is 4.98 Å². The van der Waals surface area contributed by atoms with Gasteiger partial charge in [-0.15, -0.1) is 11.8 Å². The van der Waals surface area contributed by atoms with Crippen molar-refractivity contribution in [3.05, 3.63) is 53.6 Å². The average Bonchev–Trinajstić information content (AvgIpc) is 3.11. The van der Waals surface area contributed by atoms with E-state index in [1.54, 1.807) is 11.3 Å². The number of rotatable bonds is 4. The maximum Gasteiger partial charge on any atom is 0.253 e. The summed E-state index contributed by atoms with van der Waals surface area (Å²) < 4.78 is 1.23. The smallest absolute Gasteiger partial charge is 0.253 e. The minimum atomic E-state index is 0.126. The highest BCUT2D eigenvalue weighted by atomic mass is 32.2. The van der Waals surface area contributed by atoms with E-state index in [0.717, 1.165) is 42.4 Å². The van der Waals surface area contributed by atoms with Crippen LogP contribution >= 0.6 is 23.1 Å². The van der Waals surface area contributed by atoms with Crippen LogP contribution in [0.4, 0.5) is 5.13 Å². The summed E-state index contributed by atoms with van der Waals surface area (Å²) in [5.41, 5.74) is 3.09. The number of amides is 1. The normalized spacial score (nSPS) is 14.9. The monoisotopic (exact) mass is 411 g/mol. The molecule has 4 rings (SSSR count). The summed E-state index contributed by atoms with van der Waals surface area (Å²) in [5.74, 6) is 0.126. The van der Waals surface area contributed by atoms with Crippen LogP contribution in [0, 0.1) is 6.92 Å². The van der Waals surface area contributed by atoms with Gasteiger partial charge in [-0.05, 0) is 48.9 Å². The van der Waals surface area contributed by atoms with E-state index in [2.05, 4.69) is 56.0 Å². The van der Waals surface area contributed by atoms with Gasteiger partial charge in [0.15, 0.2) is 5.13 Å². The Morgan fingerprint density at radius 3 is 2.46 bits per heavy atom. The summed E-state index contributed by atoms with van der Waals surface area (Å²) in [4.78, 5) is 23.1. The van der Waals surface area contributed by atoms with Gasteiger partial charge in [-0.1, -0.05) is 31.3 Å². The molecule has 1 aromatic heterocycles. The first-order chi connectivity index (χ1) is 13.5. The van der Waals surface area contributed by atoms with Crippen molar-refractivity contribution >= 4 is 44.4 Å². The number of carbonyl (C=O) groups is 1. The van der Waals surface area contributed by atoms with Crippen LogP contribution in [0.5, 0.6) is 0 Å². The Morgan fingerprint density at radius 2 is 1.79 bits per heavy atom. The zero-order valence-corrected chi connectivity index (χ0v) is 18.1. The second kappa shape index (κ2) is 8.13. The molecule has 1 fully saturated rings. The van der Waals surface area contributed by atoms with Gasteiger partial charge in [0.2, 0.25) is 0 Å². The standard InChI is InChI=1S/C22H25N3OS2/c1-15(2)27-18-7-5-17(6-8-18)21(26)24-10-12-25(13-11-24)22-23-19-9-4-16(3)14-20(19)28-22/h4-9,14-15H,10-13H2,1-3H3. The predicted molar refractivity (Wildman–Crippen MR) is 120 cm³/mol. The summed E-state index contributed by atoms with van der Waals surface area (Å²) in [6, 6.07) is 14.4. The van der Waals surface area contributed by atoms with Crippen LogP contribution in [0.2, 0.25) is 0 Å². The van der Waals surface area contributed by atoms with Crippen LogP contribution in [0.25, 0.3) is 10.2 Å². The number of fused-ring (bicyclic) bond motifs is 1. The van der Waals surface area contributed by atoms with Crippen molar-refractivity contribution in [3.8, 4) is 0 Å². The lowest BCUT2D eigenvalue weighted by Crippen LogP contribution is -2.48. The van der Waals surface area contributed by atoms with Gasteiger partial charge in [0.1, 0.15) is 0 Å². The summed E-state index contributed by atoms with van der Waals surface area (Å²) in [5, 5.41) is 1.60. The highest BCUT2D eigenvalue weighted by Crippen LogP contribution is 2.30. The van der Waals surface area contributed by atoms with Crippen molar-refractivity contribution in [1.29, 1.82) is 0 Å². The molecule has 146 valence electrons. The number of thiazole rings is 1. The molecule has 2 aromatic carbocycles. The molecule has 4 nitrogen and oxygen atoms in total. The zero-order chi connectivity index (χ0) is 19.7. The predicted octanol–water partition coefficient (Wildman–Crippen LogP) is 5.07. The van der Waals surface area contributed by atoms with Crippen LogP contribution in [0.3, 0.4) is 0 Å². The van der Waals surface area contributed by atoms with Crippen LogP contribution in [0.1, 0.15) is 29.8 Å². The minimum absolute atomic E-state index is 0.126. The molecule has 0 bridgehead atoms. The number of piperazine rings is 1. The van der Waals surface area contributed by atoms with Crippen LogP contribution in [0.15, 0.2) is 47.4 Å². The van der Waals surface area contributed by atoms with Crippen molar-refractivity contribution in [2.24, 2.45) is 0 Å². The molecule has 1 aliphatic heterocycles. The third-order valence-corrected chi connectivity index (χ3v) is 6.94. The fourth-order valence-electron chi connectivity index (χ4n) is 3.39. The lowest BCUT2D eigenvalue weighted by molar-refractivity contribution is 0.0746. The molecule has 28 heavy (non-hydrogen) atoms. The number of anilines is 1. The van der Waals surface area contributed by atoms with Gasteiger partial charge in [0, 0.05) is 41.9 Å². The molecule has 0 saturated carbocycles. The van der Waals surface area contributed by atoms with E-state index in [9.17, 15) is 4.79 Å². The minimum Gasteiger partial charge on any atom is -0.345 e. The molecule has 1 aliphatic rings. The van der Waals surface area contributed by atoms with Crippen molar-refractivity contribution in [3.63, 3.8) is 0 Å². The Hall–Kier alpha value is -2.05. The van der Waals surface area contributed by atoms with E-state index in [0.29, 0.717) is 5.25 Å². The first-order valence-electron chi connectivity index (χ1n) is 9.68. The van der Waals surface area contributed by atoms with Crippen LogP contribution in [-0.4, -0.2) is 47.2 Å². The Labute approximate surface area is 174 Å². The second-order valence-electron chi connectivity index (χ2n) is 7.44. The molecule has 0 atom stereocenters. The molecular formula is C22H25N3OS2. The van der Waals surface area contributed by atoms with Gasteiger partial charge >= 0.3 is 0 Å². The fraction of sp³-hybridized carbons (Fsp3) is 0.364. The lowest BCUT2D eigenvalue weighted by atomic mass is 10.2. The zero-order valence-electron chi connectivity index (χ0n) is 16.5. The first-order valence-corrected chi connectivity index (χ1v) is 11.4. The van der Waals surface area contributed by atoms with Crippen LogP contribution in [-0.2, 0) is 0 Å². The number of aromatic nitrogens is 1. The van der Waals surface area contributed by atoms with Crippen LogP contribution < -0.4 is 4.90 Å². The Balaban J connectivity index is 1.39. The van der Waals surface area contributed by atoms with Crippen molar-refractivity contribution in [2.45, 2.75) is 30.9 Å². The molecule has 0 aliphatic carbocycles. The SMILES string of the molecule is Cc1ccc2nc(N3CCN(C(=O)c4ccc(SC(C)C)cc4)CC3)sc2c1. The molecule has 0 unspecified atom stereocenters. The van der Waals surface area contributed by atoms with Gasteiger partial charge in [-0.25, -0.2) is 4.98 Å². The van der Waals surface area contributed by atoms with Crippen molar-refractivity contribution in [2.75, 3.05) is 31.1 Å². The van der Waals surface area contributed by atoms with Crippen molar-refractivity contribution < 1.29 is 4.79 Å². The highest BCUT2D eigenvalue weighted by Gasteiger charge is 2.24. The number of benzene rings is 2. The van der Waals surface area contributed by atoms with E-state index in [-0.39, 0.29) is 5.91 Å². The number of nitrogens with zero attached hydrogens (tertiary/aromatic N) is 3. The molecule has 2 heterocycles. The van der Waals surface area contributed by atoms with Gasteiger partial charge < -0.3 is 9.80 Å². The molecule has 3 aromatic rings. The topological polar surface area (TPSA) is 36.4 Å². The fourth-order valence-corrected chi connectivity index (χ4v) is 5.34. The number of carbonyl (C=O) groups excluding carboxylic acids is 1. The molecule has 6 heteroatoms. The van der Waals surface area contributed by atoms with E-state index >= 15 is 0 Å². The third kappa shape index (κ3) is 4.18. The van der Waals surface area contributed by atoms with Gasteiger partial charge in [-0.3, -0.25) is 4.79 Å². The summed E-state index contributed by atoms with van der Waals surface area (Å²) >= 11 is 3.56. The maximum atomic E-state index is 12.8. The van der Waals surface area contributed by atoms with E-state index < -0.39 is 0 Å². The molecule has 1 saturated heterocycles. The first kappa shape index (κ1) is 19.3. The second-order valence-corrected chi connectivity index (χ2v) is 10.1. The summed E-state index contributed by atoms with van der Waals surface area (Å²) in [6.07, 6.45) is 0. The Bertz CT molecular complexity index is 973. The largest absolute Gasteiger partial charge is 0.345 e. The van der Waals surface area contributed by atoms with Gasteiger partial charge in [0.05, 0.1) is 10.2 Å². The number of aryl methyl sites for hydroxylation is 1. The van der Waals surface area contributed by atoms with Gasteiger partial charge in [0.25, 0.3) is 5.91 Å². The summed E-state index contributed by atoms with van der Waals surface area (Å²) in [7, 11) is 0. The van der Waals surface area contributed by atoms with E-state index in [1.807, 2.05) is 28.8 Å². The molecule has 0 radical (unpaired) electrons. The van der Waals surface area contributed by atoms with Gasteiger partial charge in [-0.2, -0.15) is 0 Å². The highest BCUT2D eigenvalue weighted by molar-refractivity contribution is 7.99. The Kier molecular flexibility index (Phi) is 5.60. The molecule has 0 N–H and O–H groups in total. The van der Waals surface area contributed by atoms with E-state index in [1.165, 1.54) is 15.2 Å². The molecule has 0 spiro atoms.